The Labute approximate surface area is 327 Å². The summed E-state index contributed by atoms with van der Waals surface area (Å²) in [6.07, 6.45) is 3.75. The van der Waals surface area contributed by atoms with E-state index in [1.54, 1.807) is 43.4 Å². The van der Waals surface area contributed by atoms with E-state index in [9.17, 15) is 27.2 Å². The van der Waals surface area contributed by atoms with Gasteiger partial charge in [0.2, 0.25) is 11.8 Å². The molecule has 16 heteroatoms. The third-order valence-corrected chi connectivity index (χ3v) is 11.8. The lowest BCUT2D eigenvalue weighted by molar-refractivity contribution is -0.132. The van der Waals surface area contributed by atoms with Crippen LogP contribution in [0.5, 0.6) is 11.5 Å². The minimum atomic E-state index is -2.96. The first kappa shape index (κ1) is 37.2. The van der Waals surface area contributed by atoms with Crippen molar-refractivity contribution in [2.45, 2.75) is 24.0 Å². The number of carbonyl (C=O) groups excluding carboxylic acids is 2. The smallest absolute Gasteiger partial charge is 0.387 e. The minimum absolute atomic E-state index is 0.0118. The van der Waals surface area contributed by atoms with Gasteiger partial charge < -0.3 is 19.3 Å². The Morgan fingerprint density at radius 3 is 1.30 bits per heavy atom. The summed E-state index contributed by atoms with van der Waals surface area (Å²) in [5.74, 6) is 0.258. The van der Waals surface area contributed by atoms with Gasteiger partial charge in [0, 0.05) is 47.7 Å². The Bertz CT molecular complexity index is 2150. The van der Waals surface area contributed by atoms with E-state index >= 15 is 0 Å². The number of thioether (sulfide) groups is 2. The minimum Gasteiger partial charge on any atom is -0.435 e. The fraction of sp³-hybridized carbons (Fsp3) is 0.200. The number of carbonyl (C=O) groups is 2. The highest BCUT2D eigenvalue weighted by Crippen LogP contribution is 2.45. The fourth-order valence-corrected chi connectivity index (χ4v) is 9.16. The molecule has 0 saturated carbocycles. The van der Waals surface area contributed by atoms with Crippen molar-refractivity contribution >= 4 is 35.3 Å². The molecule has 0 spiro atoms. The summed E-state index contributed by atoms with van der Waals surface area (Å²) in [5.41, 5.74) is 5.53. The number of benzene rings is 4. The van der Waals surface area contributed by atoms with Gasteiger partial charge in [-0.3, -0.25) is 9.59 Å². The van der Waals surface area contributed by atoms with E-state index in [0.717, 1.165) is 22.5 Å². The molecule has 8 rings (SSSR count). The van der Waals surface area contributed by atoms with E-state index in [1.807, 2.05) is 73.1 Å². The quantitative estimate of drug-likeness (QED) is 0.108. The van der Waals surface area contributed by atoms with E-state index in [1.165, 1.54) is 47.8 Å². The average molecular weight is 801 g/mol. The number of alkyl halides is 4. The predicted molar refractivity (Wildman–Crippen MR) is 205 cm³/mol. The monoisotopic (exact) mass is 800 g/mol. The Kier molecular flexibility index (Phi) is 10.7. The SMILES string of the molecule is O=C1CS[C@@H](c2cn(-c3ccccc3)nc2-c2ccc(OC(F)F)cc2)N1CCN1C(=O)CS[C@H]1c1cn(-c2ccccc2)nc1-c1ccc(OC(F)F)cc1. The molecule has 6 aromatic rings. The van der Waals surface area contributed by atoms with Gasteiger partial charge in [-0.2, -0.15) is 27.8 Å². The molecule has 2 aromatic heterocycles. The number of para-hydroxylation sites is 2. The maximum absolute atomic E-state index is 13.6. The molecule has 286 valence electrons. The molecule has 2 atom stereocenters. The van der Waals surface area contributed by atoms with Crippen LogP contribution in [0.15, 0.2) is 122 Å². The van der Waals surface area contributed by atoms with Gasteiger partial charge in [-0.25, -0.2) is 9.36 Å². The van der Waals surface area contributed by atoms with Crippen LogP contribution < -0.4 is 9.47 Å². The molecule has 2 amide bonds. The van der Waals surface area contributed by atoms with Crippen LogP contribution in [-0.4, -0.2) is 79.0 Å². The van der Waals surface area contributed by atoms with Gasteiger partial charge in [0.1, 0.15) is 22.2 Å². The Hall–Kier alpha value is -5.74. The highest BCUT2D eigenvalue weighted by Gasteiger charge is 2.40. The zero-order chi connectivity index (χ0) is 38.8. The van der Waals surface area contributed by atoms with E-state index in [4.69, 9.17) is 10.2 Å². The summed E-state index contributed by atoms with van der Waals surface area (Å²) in [6.45, 7) is -5.48. The van der Waals surface area contributed by atoms with Crippen LogP contribution >= 0.6 is 23.5 Å². The molecule has 4 aromatic carbocycles. The molecule has 10 nitrogen and oxygen atoms in total. The van der Waals surface area contributed by atoms with Gasteiger partial charge >= 0.3 is 13.2 Å². The number of halogens is 4. The van der Waals surface area contributed by atoms with Crippen molar-refractivity contribution in [2.24, 2.45) is 0 Å². The molecule has 2 aliphatic rings. The third-order valence-electron chi connectivity index (χ3n) is 9.28. The summed E-state index contributed by atoms with van der Waals surface area (Å²) in [5, 5.41) is 8.86. The molecule has 0 aliphatic carbocycles. The summed E-state index contributed by atoms with van der Waals surface area (Å²) in [4.78, 5) is 30.6. The number of aromatic nitrogens is 4. The maximum atomic E-state index is 13.6. The van der Waals surface area contributed by atoms with Crippen molar-refractivity contribution in [3.63, 3.8) is 0 Å². The zero-order valence-electron chi connectivity index (χ0n) is 29.3. The van der Waals surface area contributed by atoms with Crippen molar-refractivity contribution in [3.05, 3.63) is 133 Å². The van der Waals surface area contributed by atoms with E-state index in [0.29, 0.717) is 22.5 Å². The topological polar surface area (TPSA) is 94.7 Å². The summed E-state index contributed by atoms with van der Waals surface area (Å²) in [6, 6.07) is 31.4. The van der Waals surface area contributed by atoms with Crippen molar-refractivity contribution in [3.8, 4) is 45.4 Å². The van der Waals surface area contributed by atoms with E-state index in [-0.39, 0.29) is 47.9 Å². The van der Waals surface area contributed by atoms with Gasteiger partial charge in [-0.1, -0.05) is 36.4 Å². The molecular formula is C40H32F4N6O4S2. The number of amides is 2. The predicted octanol–water partition coefficient (Wildman–Crippen LogP) is 8.44. The standard InChI is InChI=1S/C40H32F4N6O4S2/c41-39(42)53-29-15-11-25(12-16-29)35-31(21-49(45-35)27-7-3-1-4-8-27)37-47(33(51)23-55-37)19-20-48-34(52)24-56-38(48)32-22-50(28-9-5-2-6-10-28)46-36(32)26-13-17-30(18-14-26)54-40(43)44/h1-18,21-22,37-40H,19-20,23-24H2/t37-,38-/m0/s1. The Balaban J connectivity index is 1.09. The first-order valence-corrected chi connectivity index (χ1v) is 19.5. The Morgan fingerprint density at radius 2 is 0.946 bits per heavy atom. The molecule has 2 saturated heterocycles. The lowest BCUT2D eigenvalue weighted by Gasteiger charge is -2.29. The lowest BCUT2D eigenvalue weighted by atomic mass is 10.1. The number of hydrogen-bond donors (Lipinski definition) is 0. The van der Waals surface area contributed by atoms with Crippen LogP contribution in [0.1, 0.15) is 21.9 Å². The summed E-state index contributed by atoms with van der Waals surface area (Å²) < 4.78 is 64.2. The van der Waals surface area contributed by atoms with Gasteiger partial charge in [0.05, 0.1) is 34.3 Å². The van der Waals surface area contributed by atoms with Crippen LogP contribution in [0.4, 0.5) is 17.6 Å². The second kappa shape index (κ2) is 16.2. The molecule has 2 fully saturated rings. The molecule has 0 bridgehead atoms. The third kappa shape index (κ3) is 7.84. The Morgan fingerprint density at radius 1 is 0.571 bits per heavy atom. The van der Waals surface area contributed by atoms with Crippen LogP contribution in [-0.2, 0) is 9.59 Å². The van der Waals surface area contributed by atoms with Crippen molar-refractivity contribution in [2.75, 3.05) is 24.6 Å². The van der Waals surface area contributed by atoms with Gasteiger partial charge in [-0.15, -0.1) is 23.5 Å². The van der Waals surface area contributed by atoms with Gasteiger partial charge in [0.25, 0.3) is 0 Å². The number of rotatable bonds is 13. The van der Waals surface area contributed by atoms with Gasteiger partial charge in [-0.05, 0) is 72.8 Å². The summed E-state index contributed by atoms with van der Waals surface area (Å²) in [7, 11) is 0. The first-order valence-electron chi connectivity index (χ1n) is 17.4. The maximum Gasteiger partial charge on any atom is 0.387 e. The van der Waals surface area contributed by atoms with Crippen LogP contribution in [0.3, 0.4) is 0 Å². The second-order valence-electron chi connectivity index (χ2n) is 12.7. The molecule has 0 unspecified atom stereocenters. The lowest BCUT2D eigenvalue weighted by Crippen LogP contribution is -2.39. The van der Waals surface area contributed by atoms with Crippen molar-refractivity contribution < 1.29 is 36.6 Å². The molecule has 4 heterocycles. The number of nitrogens with zero attached hydrogens (tertiary/aromatic N) is 6. The number of hydrogen-bond acceptors (Lipinski definition) is 8. The molecule has 2 aliphatic heterocycles. The van der Waals surface area contributed by atoms with E-state index in [2.05, 4.69) is 9.47 Å². The van der Waals surface area contributed by atoms with Crippen LogP contribution in [0.2, 0.25) is 0 Å². The van der Waals surface area contributed by atoms with Crippen molar-refractivity contribution in [1.29, 1.82) is 0 Å². The van der Waals surface area contributed by atoms with Crippen LogP contribution in [0.25, 0.3) is 33.9 Å². The summed E-state index contributed by atoms with van der Waals surface area (Å²) >= 11 is 2.89. The molecule has 0 radical (unpaired) electrons. The average Bonchev–Trinajstić information content (AvgIpc) is 4.00. The zero-order valence-corrected chi connectivity index (χ0v) is 31.0. The van der Waals surface area contributed by atoms with E-state index < -0.39 is 24.0 Å². The fourth-order valence-electron chi connectivity index (χ4n) is 6.72. The highest BCUT2D eigenvalue weighted by atomic mass is 32.2. The molecule has 56 heavy (non-hydrogen) atoms. The van der Waals surface area contributed by atoms with Crippen LogP contribution in [0, 0.1) is 0 Å². The second-order valence-corrected chi connectivity index (χ2v) is 14.9. The highest BCUT2D eigenvalue weighted by molar-refractivity contribution is 8.00. The van der Waals surface area contributed by atoms with Crippen molar-refractivity contribution in [1.82, 2.24) is 29.4 Å². The normalized spacial score (nSPS) is 17.1. The molecule has 0 N–H and O–H groups in total. The van der Waals surface area contributed by atoms with Gasteiger partial charge in [0.15, 0.2) is 0 Å². The molecular weight excluding hydrogens is 769 g/mol. The first-order chi connectivity index (χ1) is 27.2. The number of ether oxygens (including phenoxy) is 2. The largest absolute Gasteiger partial charge is 0.435 e.